The van der Waals surface area contributed by atoms with E-state index in [-0.39, 0.29) is 5.41 Å². The van der Waals surface area contributed by atoms with Crippen LogP contribution in [-0.4, -0.2) is 0 Å². The van der Waals surface area contributed by atoms with Crippen LogP contribution in [0.25, 0.3) is 11.1 Å². The van der Waals surface area contributed by atoms with E-state index in [1.54, 1.807) is 5.56 Å². The van der Waals surface area contributed by atoms with Gasteiger partial charge >= 0.3 is 0 Å². The molecule has 24 heavy (non-hydrogen) atoms. The molecule has 0 amide bonds. The van der Waals surface area contributed by atoms with Crippen LogP contribution in [-0.2, 0) is 5.41 Å². The van der Waals surface area contributed by atoms with Crippen LogP contribution in [0.3, 0.4) is 0 Å². The molecule has 0 radical (unpaired) electrons. The van der Waals surface area contributed by atoms with Crippen molar-refractivity contribution in [2.45, 2.75) is 58.8 Å². The number of fused-ring (bicyclic) bond motifs is 3. The largest absolute Gasteiger partial charge is 0.0628 e. The highest BCUT2D eigenvalue weighted by Gasteiger charge is 2.43. The molecule has 0 bridgehead atoms. The van der Waals surface area contributed by atoms with Gasteiger partial charge in [0.2, 0.25) is 0 Å². The average molecular weight is 385 g/mol. The topological polar surface area (TPSA) is 0 Å². The molecule has 0 aromatic heterocycles. The summed E-state index contributed by atoms with van der Waals surface area (Å²) < 4.78 is 1.28. The van der Waals surface area contributed by atoms with Crippen molar-refractivity contribution >= 4 is 15.9 Å². The number of hydrogen-bond acceptors (Lipinski definition) is 0. The summed E-state index contributed by atoms with van der Waals surface area (Å²) in [5.41, 5.74) is 6.13. The normalized spacial score (nSPS) is 15.0. The molecule has 2 aromatic carbocycles. The monoisotopic (exact) mass is 384 g/mol. The van der Waals surface area contributed by atoms with Crippen molar-refractivity contribution in [3.05, 3.63) is 58.1 Å². The molecule has 0 aliphatic heterocycles. The Kier molecular flexibility index (Phi) is 5.20. The molecule has 1 heteroatoms. The Morgan fingerprint density at radius 1 is 0.792 bits per heavy atom. The summed E-state index contributed by atoms with van der Waals surface area (Å²) in [5.74, 6) is 1.47. The van der Waals surface area contributed by atoms with Crippen molar-refractivity contribution < 1.29 is 0 Å². The van der Waals surface area contributed by atoms with Crippen molar-refractivity contribution in [1.29, 1.82) is 0 Å². The van der Waals surface area contributed by atoms with E-state index in [0.717, 1.165) is 11.8 Å². The van der Waals surface area contributed by atoms with Gasteiger partial charge < -0.3 is 0 Å². The second-order valence-corrected chi connectivity index (χ2v) is 9.01. The first-order valence-corrected chi connectivity index (χ1v) is 10.1. The summed E-state index contributed by atoms with van der Waals surface area (Å²) in [6.45, 7) is 9.38. The number of rotatable bonds is 6. The third-order valence-electron chi connectivity index (χ3n) is 5.52. The van der Waals surface area contributed by atoms with Gasteiger partial charge in [0.1, 0.15) is 0 Å². The third-order valence-corrected chi connectivity index (χ3v) is 6.18. The zero-order valence-electron chi connectivity index (χ0n) is 15.4. The number of hydrogen-bond donors (Lipinski definition) is 0. The zero-order valence-corrected chi connectivity index (χ0v) is 17.0. The lowest BCUT2D eigenvalue weighted by Crippen LogP contribution is -2.27. The SMILES string of the molecule is CC(C)CCC1(CCC(C)C)c2ccccc2-c2cccc(Br)c21. The Morgan fingerprint density at radius 3 is 2.00 bits per heavy atom. The molecule has 2 aromatic rings. The van der Waals surface area contributed by atoms with Crippen LogP contribution in [0.1, 0.15) is 64.5 Å². The van der Waals surface area contributed by atoms with Gasteiger partial charge in [-0.3, -0.25) is 0 Å². The van der Waals surface area contributed by atoms with Crippen molar-refractivity contribution in [3.63, 3.8) is 0 Å². The molecular formula is C23H29Br. The fraction of sp³-hybridized carbons (Fsp3) is 0.478. The lowest BCUT2D eigenvalue weighted by atomic mass is 9.69. The molecular weight excluding hydrogens is 356 g/mol. The minimum atomic E-state index is 0.167. The maximum Gasteiger partial charge on any atom is 0.0226 e. The standard InChI is InChI=1S/C23H29Br/c1-16(2)12-14-23(15-13-17(3)4)20-10-6-5-8-18(20)19-9-7-11-21(24)22(19)23/h5-11,16-17H,12-15H2,1-4H3. The second kappa shape index (κ2) is 7.04. The van der Waals surface area contributed by atoms with Crippen LogP contribution in [0.4, 0.5) is 0 Å². The van der Waals surface area contributed by atoms with Gasteiger partial charge in [-0.1, -0.05) is 80.0 Å². The van der Waals surface area contributed by atoms with E-state index in [4.69, 9.17) is 0 Å². The minimum absolute atomic E-state index is 0.167. The summed E-state index contributed by atoms with van der Waals surface area (Å²) in [6.07, 6.45) is 5.02. The van der Waals surface area contributed by atoms with Gasteiger partial charge in [0, 0.05) is 9.89 Å². The molecule has 0 saturated carbocycles. The first kappa shape index (κ1) is 17.7. The molecule has 3 rings (SSSR count). The van der Waals surface area contributed by atoms with Crippen molar-refractivity contribution in [1.82, 2.24) is 0 Å². The Hall–Kier alpha value is -1.08. The quantitative estimate of drug-likeness (QED) is 0.480. The molecule has 1 aliphatic rings. The Morgan fingerprint density at radius 2 is 1.38 bits per heavy atom. The molecule has 0 fully saturated rings. The summed E-state index contributed by atoms with van der Waals surface area (Å²) in [6, 6.07) is 15.8. The lowest BCUT2D eigenvalue weighted by molar-refractivity contribution is 0.363. The molecule has 128 valence electrons. The summed E-state index contributed by atoms with van der Waals surface area (Å²) in [7, 11) is 0. The Bertz CT molecular complexity index is 700. The van der Waals surface area contributed by atoms with Gasteiger partial charge in [-0.05, 0) is 65.8 Å². The van der Waals surface area contributed by atoms with E-state index >= 15 is 0 Å². The van der Waals surface area contributed by atoms with Gasteiger partial charge in [-0.2, -0.15) is 0 Å². The van der Waals surface area contributed by atoms with Gasteiger partial charge in [0.15, 0.2) is 0 Å². The van der Waals surface area contributed by atoms with Crippen LogP contribution >= 0.6 is 15.9 Å². The summed E-state index contributed by atoms with van der Waals surface area (Å²) in [5, 5.41) is 0. The highest BCUT2D eigenvalue weighted by atomic mass is 79.9. The molecule has 0 spiro atoms. The highest BCUT2D eigenvalue weighted by molar-refractivity contribution is 9.10. The van der Waals surface area contributed by atoms with Crippen molar-refractivity contribution in [2.75, 3.05) is 0 Å². The molecule has 0 heterocycles. The maximum atomic E-state index is 3.90. The van der Waals surface area contributed by atoms with Gasteiger partial charge in [0.05, 0.1) is 0 Å². The third kappa shape index (κ3) is 3.08. The van der Waals surface area contributed by atoms with E-state index < -0.39 is 0 Å². The fourth-order valence-electron chi connectivity index (χ4n) is 4.22. The van der Waals surface area contributed by atoms with E-state index in [9.17, 15) is 0 Å². The van der Waals surface area contributed by atoms with E-state index in [0.29, 0.717) is 0 Å². The van der Waals surface area contributed by atoms with Crippen molar-refractivity contribution in [2.24, 2.45) is 11.8 Å². The van der Waals surface area contributed by atoms with Crippen LogP contribution in [0.2, 0.25) is 0 Å². The number of halogens is 1. The number of benzene rings is 2. The molecule has 0 N–H and O–H groups in total. The van der Waals surface area contributed by atoms with E-state index in [1.165, 1.54) is 46.8 Å². The van der Waals surface area contributed by atoms with E-state index in [1.807, 2.05) is 0 Å². The predicted molar refractivity (Wildman–Crippen MR) is 109 cm³/mol. The van der Waals surface area contributed by atoms with Gasteiger partial charge in [-0.25, -0.2) is 0 Å². The first-order chi connectivity index (χ1) is 11.5. The smallest absolute Gasteiger partial charge is 0.0226 e. The second-order valence-electron chi connectivity index (χ2n) is 8.16. The zero-order chi connectivity index (χ0) is 17.3. The lowest BCUT2D eigenvalue weighted by Gasteiger charge is -2.34. The average Bonchev–Trinajstić information content (AvgIpc) is 2.83. The van der Waals surface area contributed by atoms with Crippen molar-refractivity contribution in [3.8, 4) is 11.1 Å². The molecule has 0 saturated heterocycles. The van der Waals surface area contributed by atoms with E-state index in [2.05, 4.69) is 86.1 Å². The molecule has 0 nitrogen and oxygen atoms in total. The molecule has 0 unspecified atom stereocenters. The minimum Gasteiger partial charge on any atom is -0.0628 e. The summed E-state index contributed by atoms with van der Waals surface area (Å²) >= 11 is 3.90. The fourth-order valence-corrected chi connectivity index (χ4v) is 4.97. The first-order valence-electron chi connectivity index (χ1n) is 9.34. The highest BCUT2D eigenvalue weighted by Crippen LogP contribution is 2.56. The predicted octanol–water partition coefficient (Wildman–Crippen LogP) is 7.59. The van der Waals surface area contributed by atoms with Crippen LogP contribution < -0.4 is 0 Å². The molecule has 0 atom stereocenters. The van der Waals surface area contributed by atoms with Crippen LogP contribution in [0.5, 0.6) is 0 Å². The van der Waals surface area contributed by atoms with Gasteiger partial charge in [0.25, 0.3) is 0 Å². The summed E-state index contributed by atoms with van der Waals surface area (Å²) in [4.78, 5) is 0. The Balaban J connectivity index is 2.18. The molecule has 1 aliphatic carbocycles. The maximum absolute atomic E-state index is 3.90. The van der Waals surface area contributed by atoms with Gasteiger partial charge in [-0.15, -0.1) is 0 Å². The van der Waals surface area contributed by atoms with Crippen LogP contribution in [0.15, 0.2) is 46.9 Å². The van der Waals surface area contributed by atoms with Crippen LogP contribution in [0, 0.1) is 11.8 Å². The Labute approximate surface area is 155 Å².